The van der Waals surface area contributed by atoms with Crippen LogP contribution in [0.15, 0.2) is 35.3 Å². The van der Waals surface area contributed by atoms with Crippen LogP contribution >= 0.6 is 11.6 Å². The molecular weight excluding hydrogens is 224 g/mol. The lowest BCUT2D eigenvalue weighted by Gasteiger charge is -2.11. The highest BCUT2D eigenvalue weighted by Crippen LogP contribution is 2.18. The third-order valence-electron chi connectivity index (χ3n) is 2.43. The molecule has 1 aromatic heterocycles. The molecule has 16 heavy (non-hydrogen) atoms. The first-order chi connectivity index (χ1) is 7.59. The summed E-state index contributed by atoms with van der Waals surface area (Å²) >= 11 is 5.94. The maximum atomic E-state index is 11.8. The van der Waals surface area contributed by atoms with Gasteiger partial charge in [-0.2, -0.15) is 0 Å². The Morgan fingerprint density at radius 2 is 2.00 bits per heavy atom. The van der Waals surface area contributed by atoms with E-state index < -0.39 is 0 Å². The molecule has 4 heteroatoms. The van der Waals surface area contributed by atoms with Crippen LogP contribution in [0.5, 0.6) is 0 Å². The Balaban J connectivity index is 2.77. The molecule has 2 rings (SSSR count). The van der Waals surface area contributed by atoms with Gasteiger partial charge < -0.3 is 0 Å². The lowest BCUT2D eigenvalue weighted by molar-refractivity contribution is 0.864. The van der Waals surface area contributed by atoms with Crippen molar-refractivity contribution in [3.63, 3.8) is 0 Å². The molecule has 3 nitrogen and oxygen atoms in total. The largest absolute Gasteiger partial charge is 0.269 e. The van der Waals surface area contributed by atoms with Crippen LogP contribution in [0.1, 0.15) is 11.4 Å². The fraction of sp³-hybridized carbons (Fsp3) is 0.167. The fourth-order valence-corrected chi connectivity index (χ4v) is 1.78. The summed E-state index contributed by atoms with van der Waals surface area (Å²) in [5.41, 5.74) is 1.67. The molecule has 1 aromatic carbocycles. The SMILES string of the molecule is Cc1ccc(Cl)cc1-n1c(C)nccc1=O. The Bertz CT molecular complexity index is 590. The van der Waals surface area contributed by atoms with Gasteiger partial charge in [0.2, 0.25) is 0 Å². The van der Waals surface area contributed by atoms with Crippen molar-refractivity contribution >= 4 is 11.6 Å². The maximum absolute atomic E-state index is 11.8. The highest BCUT2D eigenvalue weighted by atomic mass is 35.5. The van der Waals surface area contributed by atoms with Gasteiger partial charge in [-0.05, 0) is 31.5 Å². The normalized spacial score (nSPS) is 10.4. The summed E-state index contributed by atoms with van der Waals surface area (Å²) in [6.45, 7) is 3.73. The lowest BCUT2D eigenvalue weighted by atomic mass is 10.2. The fourth-order valence-electron chi connectivity index (χ4n) is 1.62. The van der Waals surface area contributed by atoms with Crippen molar-refractivity contribution < 1.29 is 0 Å². The first-order valence-electron chi connectivity index (χ1n) is 4.91. The number of halogens is 1. The Morgan fingerprint density at radius 3 is 2.69 bits per heavy atom. The molecule has 0 saturated heterocycles. The topological polar surface area (TPSA) is 34.9 Å². The molecule has 0 N–H and O–H groups in total. The monoisotopic (exact) mass is 234 g/mol. The van der Waals surface area contributed by atoms with E-state index >= 15 is 0 Å². The van der Waals surface area contributed by atoms with Crippen molar-refractivity contribution in [3.8, 4) is 5.69 Å². The van der Waals surface area contributed by atoms with Crippen molar-refractivity contribution in [1.82, 2.24) is 9.55 Å². The van der Waals surface area contributed by atoms with E-state index in [0.717, 1.165) is 11.3 Å². The van der Waals surface area contributed by atoms with E-state index in [4.69, 9.17) is 11.6 Å². The molecule has 0 aliphatic carbocycles. The van der Waals surface area contributed by atoms with Gasteiger partial charge in [0.05, 0.1) is 5.69 Å². The van der Waals surface area contributed by atoms with Crippen LogP contribution in [0, 0.1) is 13.8 Å². The predicted molar refractivity (Wildman–Crippen MR) is 64.3 cm³/mol. The maximum Gasteiger partial charge on any atom is 0.258 e. The summed E-state index contributed by atoms with van der Waals surface area (Å²) < 4.78 is 1.56. The van der Waals surface area contributed by atoms with Gasteiger partial charge in [0.15, 0.2) is 0 Å². The lowest BCUT2D eigenvalue weighted by Crippen LogP contribution is -2.21. The van der Waals surface area contributed by atoms with E-state index in [1.165, 1.54) is 12.3 Å². The second kappa shape index (κ2) is 4.10. The van der Waals surface area contributed by atoms with Gasteiger partial charge in [0.25, 0.3) is 5.56 Å². The predicted octanol–water partition coefficient (Wildman–Crippen LogP) is 2.50. The number of rotatable bonds is 1. The summed E-state index contributed by atoms with van der Waals surface area (Å²) in [7, 11) is 0. The van der Waals surface area contributed by atoms with Crippen LogP contribution < -0.4 is 5.56 Å². The second-order valence-electron chi connectivity index (χ2n) is 3.60. The minimum atomic E-state index is -0.0992. The standard InChI is InChI=1S/C12H11ClN2O/c1-8-3-4-10(13)7-11(8)15-9(2)14-6-5-12(15)16/h3-7H,1-2H3. The minimum absolute atomic E-state index is 0.0992. The van der Waals surface area contributed by atoms with Gasteiger partial charge in [-0.25, -0.2) is 4.98 Å². The van der Waals surface area contributed by atoms with Gasteiger partial charge >= 0.3 is 0 Å². The van der Waals surface area contributed by atoms with Crippen LogP contribution in [0.2, 0.25) is 5.02 Å². The molecule has 1 heterocycles. The Hall–Kier alpha value is -1.61. The number of benzene rings is 1. The van der Waals surface area contributed by atoms with E-state index in [1.54, 1.807) is 23.6 Å². The van der Waals surface area contributed by atoms with E-state index in [0.29, 0.717) is 10.8 Å². The Kier molecular flexibility index (Phi) is 2.79. The first kappa shape index (κ1) is 10.9. The molecule has 0 unspecified atom stereocenters. The molecule has 0 radical (unpaired) electrons. The van der Waals surface area contributed by atoms with E-state index in [2.05, 4.69) is 4.98 Å². The highest BCUT2D eigenvalue weighted by molar-refractivity contribution is 6.30. The van der Waals surface area contributed by atoms with Crippen LogP contribution in [-0.2, 0) is 0 Å². The summed E-state index contributed by atoms with van der Waals surface area (Å²) in [5.74, 6) is 0.651. The third-order valence-corrected chi connectivity index (χ3v) is 2.67. The van der Waals surface area contributed by atoms with E-state index in [-0.39, 0.29) is 5.56 Å². The molecule has 82 valence electrons. The summed E-state index contributed by atoms with van der Waals surface area (Å²) in [6.07, 6.45) is 1.51. The second-order valence-corrected chi connectivity index (χ2v) is 4.03. The number of hydrogen-bond donors (Lipinski definition) is 0. The number of aromatic nitrogens is 2. The summed E-state index contributed by atoms with van der Waals surface area (Å²) in [5, 5.41) is 0.607. The molecular formula is C12H11ClN2O. The Labute approximate surface area is 98.3 Å². The van der Waals surface area contributed by atoms with Crippen molar-refractivity contribution in [2.45, 2.75) is 13.8 Å². The van der Waals surface area contributed by atoms with Crippen molar-refractivity contribution in [3.05, 3.63) is 57.2 Å². The minimum Gasteiger partial charge on any atom is -0.269 e. The van der Waals surface area contributed by atoms with E-state index in [9.17, 15) is 4.79 Å². The number of aryl methyl sites for hydroxylation is 2. The molecule has 0 aliphatic heterocycles. The van der Waals surface area contributed by atoms with Crippen molar-refractivity contribution in [1.29, 1.82) is 0 Å². The summed E-state index contributed by atoms with van der Waals surface area (Å²) in [4.78, 5) is 15.9. The van der Waals surface area contributed by atoms with Crippen LogP contribution in [-0.4, -0.2) is 9.55 Å². The average molecular weight is 235 g/mol. The number of nitrogens with zero attached hydrogens (tertiary/aromatic N) is 2. The zero-order valence-corrected chi connectivity index (χ0v) is 9.82. The summed E-state index contributed by atoms with van der Waals surface area (Å²) in [6, 6.07) is 6.90. The van der Waals surface area contributed by atoms with Gasteiger partial charge in [0, 0.05) is 17.3 Å². The van der Waals surface area contributed by atoms with Crippen molar-refractivity contribution in [2.24, 2.45) is 0 Å². The highest BCUT2D eigenvalue weighted by Gasteiger charge is 2.06. The molecule has 2 aromatic rings. The van der Waals surface area contributed by atoms with E-state index in [1.807, 2.05) is 13.0 Å². The smallest absolute Gasteiger partial charge is 0.258 e. The average Bonchev–Trinajstić information content (AvgIpc) is 2.23. The van der Waals surface area contributed by atoms with Gasteiger partial charge in [0.1, 0.15) is 5.82 Å². The van der Waals surface area contributed by atoms with Gasteiger partial charge in [-0.1, -0.05) is 17.7 Å². The molecule has 0 aliphatic rings. The molecule has 0 fully saturated rings. The van der Waals surface area contributed by atoms with Crippen LogP contribution in [0.25, 0.3) is 5.69 Å². The van der Waals surface area contributed by atoms with Gasteiger partial charge in [-0.3, -0.25) is 9.36 Å². The zero-order valence-electron chi connectivity index (χ0n) is 9.07. The first-order valence-corrected chi connectivity index (χ1v) is 5.28. The zero-order chi connectivity index (χ0) is 11.7. The Morgan fingerprint density at radius 1 is 1.25 bits per heavy atom. The molecule has 0 spiro atoms. The van der Waals surface area contributed by atoms with Crippen molar-refractivity contribution in [2.75, 3.05) is 0 Å². The third kappa shape index (κ3) is 1.86. The number of hydrogen-bond acceptors (Lipinski definition) is 2. The van der Waals surface area contributed by atoms with Crippen LogP contribution in [0.4, 0.5) is 0 Å². The molecule has 0 saturated carbocycles. The van der Waals surface area contributed by atoms with Gasteiger partial charge in [-0.15, -0.1) is 0 Å². The van der Waals surface area contributed by atoms with Crippen LogP contribution in [0.3, 0.4) is 0 Å². The molecule has 0 amide bonds. The molecule has 0 atom stereocenters. The quantitative estimate of drug-likeness (QED) is 0.760. The molecule has 0 bridgehead atoms.